The number of alkyl halides is 3. The molecule has 0 aromatic heterocycles. The number of carboxylic acid groups (broad SMARTS) is 1. The van der Waals surface area contributed by atoms with E-state index in [2.05, 4.69) is 5.32 Å². The van der Waals surface area contributed by atoms with E-state index >= 15 is 0 Å². The number of piperazine rings is 1. The fourth-order valence-corrected chi connectivity index (χ4v) is 5.33. The molecule has 37 heavy (non-hydrogen) atoms. The molecule has 1 aliphatic heterocycles. The second kappa shape index (κ2) is 14.6. The van der Waals surface area contributed by atoms with Crippen LogP contribution in [0.3, 0.4) is 0 Å². The van der Waals surface area contributed by atoms with Crippen LogP contribution in [0.5, 0.6) is 0 Å². The first-order valence-corrected chi connectivity index (χ1v) is 13.5. The molecule has 0 saturated carbocycles. The zero-order valence-corrected chi connectivity index (χ0v) is 22.8. The Balaban J connectivity index is 0.000000856. The maximum Gasteiger partial charge on any atom is 0.490 e. The zero-order chi connectivity index (χ0) is 28.4. The number of aryl methyl sites for hydroxylation is 3. The first-order valence-electron chi connectivity index (χ1n) is 12.1. The minimum atomic E-state index is -5.08. The first kappa shape index (κ1) is 32.8. The molecule has 1 aromatic rings. The highest BCUT2D eigenvalue weighted by Gasteiger charge is 2.38. The van der Waals surface area contributed by atoms with Gasteiger partial charge < -0.3 is 20.1 Å². The van der Waals surface area contributed by atoms with Gasteiger partial charge in [-0.05, 0) is 63.8 Å². The van der Waals surface area contributed by atoms with Gasteiger partial charge in [-0.1, -0.05) is 6.07 Å². The third-order valence-corrected chi connectivity index (χ3v) is 7.74. The molecule has 1 heterocycles. The fraction of sp³-hybridized carbons (Fsp3) is 0.667. The van der Waals surface area contributed by atoms with Crippen molar-refractivity contribution in [1.82, 2.24) is 14.5 Å². The summed E-state index contributed by atoms with van der Waals surface area (Å²) >= 11 is 0. The summed E-state index contributed by atoms with van der Waals surface area (Å²) in [6.07, 6.45) is -4.21. The zero-order valence-electron chi connectivity index (χ0n) is 22.0. The van der Waals surface area contributed by atoms with Gasteiger partial charge in [-0.15, -0.1) is 0 Å². The fourth-order valence-electron chi connectivity index (χ4n) is 3.56. The number of benzene rings is 1. The predicted molar refractivity (Wildman–Crippen MR) is 133 cm³/mol. The summed E-state index contributed by atoms with van der Waals surface area (Å²) in [5, 5.41) is 10.4. The van der Waals surface area contributed by atoms with E-state index in [1.807, 2.05) is 45.6 Å². The molecule has 0 spiro atoms. The number of sulfonamides is 1. The van der Waals surface area contributed by atoms with Crippen molar-refractivity contribution in [2.45, 2.75) is 64.6 Å². The summed E-state index contributed by atoms with van der Waals surface area (Å²) in [5.41, 5.74) is 2.74. The molecule has 2 rings (SSSR count). The molecule has 1 amide bonds. The van der Waals surface area contributed by atoms with Gasteiger partial charge in [0.05, 0.1) is 11.0 Å². The number of nitrogens with one attached hydrogen (secondary N) is 1. The van der Waals surface area contributed by atoms with Gasteiger partial charge in [-0.3, -0.25) is 4.79 Å². The molecule has 0 unspecified atom stereocenters. The largest absolute Gasteiger partial charge is 0.490 e. The molecule has 0 bridgehead atoms. The topological polar surface area (TPSA) is 116 Å². The number of halogens is 3. The van der Waals surface area contributed by atoms with E-state index in [-0.39, 0.29) is 25.0 Å². The van der Waals surface area contributed by atoms with Gasteiger partial charge in [0.2, 0.25) is 15.9 Å². The van der Waals surface area contributed by atoms with Gasteiger partial charge >= 0.3 is 12.1 Å². The van der Waals surface area contributed by atoms with E-state index in [1.54, 1.807) is 6.07 Å². The third-order valence-electron chi connectivity index (χ3n) is 5.70. The Kier molecular flexibility index (Phi) is 13.0. The number of hydrogen-bond donors (Lipinski definition) is 2. The van der Waals surface area contributed by atoms with Crippen LogP contribution in [-0.2, 0) is 24.3 Å². The smallest absolute Gasteiger partial charge is 0.475 e. The summed E-state index contributed by atoms with van der Waals surface area (Å²) in [5.74, 6) is -2.75. The highest BCUT2D eigenvalue weighted by Crippen LogP contribution is 2.24. The van der Waals surface area contributed by atoms with Crippen molar-refractivity contribution in [3.05, 3.63) is 28.8 Å². The van der Waals surface area contributed by atoms with E-state index in [4.69, 9.17) is 14.6 Å². The Morgan fingerprint density at radius 3 is 2.14 bits per heavy atom. The number of rotatable bonds is 10. The van der Waals surface area contributed by atoms with E-state index < -0.39 is 22.2 Å². The molecule has 1 saturated heterocycles. The first-order chi connectivity index (χ1) is 17.1. The second-order valence-corrected chi connectivity index (χ2v) is 11.0. The Labute approximate surface area is 217 Å². The minimum Gasteiger partial charge on any atom is -0.475 e. The molecule has 0 aliphatic carbocycles. The summed E-state index contributed by atoms with van der Waals surface area (Å²) in [7, 11) is -3.70. The van der Waals surface area contributed by atoms with Crippen molar-refractivity contribution in [2.24, 2.45) is 0 Å². The summed E-state index contributed by atoms with van der Waals surface area (Å²) in [4.78, 5) is 23.6. The molecule has 1 aromatic carbocycles. The quantitative estimate of drug-likeness (QED) is 0.428. The van der Waals surface area contributed by atoms with Crippen LogP contribution in [0, 0.1) is 20.8 Å². The molecule has 0 radical (unpaired) electrons. The lowest BCUT2D eigenvalue weighted by Gasteiger charge is -2.29. The Morgan fingerprint density at radius 2 is 1.62 bits per heavy atom. The van der Waals surface area contributed by atoms with Crippen LogP contribution in [0.25, 0.3) is 0 Å². The molecular formula is C24H38F3N3O6S. The molecular weight excluding hydrogens is 515 g/mol. The molecule has 1 aliphatic rings. The third kappa shape index (κ3) is 11.0. The number of carboxylic acids is 1. The number of nitrogens with zero attached hydrogens (tertiary/aromatic N) is 2. The van der Waals surface area contributed by atoms with E-state index in [0.717, 1.165) is 29.8 Å². The van der Waals surface area contributed by atoms with Crippen molar-refractivity contribution in [3.8, 4) is 0 Å². The Bertz CT molecular complexity index is 1010. The van der Waals surface area contributed by atoms with Crippen molar-refractivity contribution in [2.75, 3.05) is 45.9 Å². The van der Waals surface area contributed by atoms with E-state index in [9.17, 15) is 26.4 Å². The summed E-state index contributed by atoms with van der Waals surface area (Å²) in [6.45, 7) is 13.5. The molecule has 1 fully saturated rings. The van der Waals surface area contributed by atoms with Crippen molar-refractivity contribution in [1.29, 1.82) is 0 Å². The second-order valence-electron chi connectivity index (χ2n) is 9.06. The average molecular weight is 554 g/mol. The SMILES string of the molecule is Cc1cc(C)c(S(=O)(=O)N(CCCOC(C)C)CCC(=O)N2CCNCC2)cc1C.O=C(O)C(F)(F)F. The summed E-state index contributed by atoms with van der Waals surface area (Å²) in [6, 6.07) is 3.66. The van der Waals surface area contributed by atoms with E-state index in [1.165, 1.54) is 4.31 Å². The van der Waals surface area contributed by atoms with Crippen LogP contribution in [0.2, 0.25) is 0 Å². The van der Waals surface area contributed by atoms with Gasteiger partial charge in [0.25, 0.3) is 0 Å². The maximum atomic E-state index is 13.5. The number of aliphatic carboxylic acids is 1. The van der Waals surface area contributed by atoms with Crippen LogP contribution in [0.4, 0.5) is 13.2 Å². The normalized spacial score (nSPS) is 14.5. The number of amides is 1. The monoisotopic (exact) mass is 553 g/mol. The molecule has 9 nitrogen and oxygen atoms in total. The molecule has 0 atom stereocenters. The Hall–Kier alpha value is -2.22. The molecule has 13 heteroatoms. The predicted octanol–water partition coefficient (Wildman–Crippen LogP) is 2.87. The van der Waals surface area contributed by atoms with Crippen LogP contribution in [0.1, 0.15) is 43.4 Å². The van der Waals surface area contributed by atoms with Gasteiger partial charge in [-0.2, -0.15) is 17.5 Å². The average Bonchev–Trinajstić information content (AvgIpc) is 2.80. The van der Waals surface area contributed by atoms with Crippen LogP contribution >= 0.6 is 0 Å². The summed E-state index contributed by atoms with van der Waals surface area (Å²) < 4.78 is 65.7. The number of hydrogen-bond acceptors (Lipinski definition) is 6. The Morgan fingerprint density at radius 1 is 1.08 bits per heavy atom. The standard InChI is InChI=1S/C22H37N3O4S.C2HF3O2/c1-17(2)29-14-6-10-25(11-7-22(26)24-12-8-23-9-13-24)30(27,28)21-16-19(4)18(3)15-20(21)5;3-2(4,5)1(6)7/h15-17,23H,6-14H2,1-5H3;(H,6,7). The van der Waals surface area contributed by atoms with Gasteiger partial charge in [0.1, 0.15) is 0 Å². The van der Waals surface area contributed by atoms with Crippen LogP contribution in [0.15, 0.2) is 17.0 Å². The lowest BCUT2D eigenvalue weighted by Crippen LogP contribution is -2.47. The maximum absolute atomic E-state index is 13.5. The molecule has 2 N–H and O–H groups in total. The number of carbonyl (C=O) groups is 2. The highest BCUT2D eigenvalue weighted by atomic mass is 32.2. The van der Waals surface area contributed by atoms with Crippen molar-refractivity contribution in [3.63, 3.8) is 0 Å². The van der Waals surface area contributed by atoms with E-state index in [0.29, 0.717) is 37.6 Å². The lowest BCUT2D eigenvalue weighted by molar-refractivity contribution is -0.192. The highest BCUT2D eigenvalue weighted by molar-refractivity contribution is 7.89. The van der Waals surface area contributed by atoms with Gasteiger partial charge in [0, 0.05) is 52.3 Å². The minimum absolute atomic E-state index is 0.00643. The molecule has 212 valence electrons. The van der Waals surface area contributed by atoms with Gasteiger partial charge in [-0.25, -0.2) is 13.2 Å². The van der Waals surface area contributed by atoms with Crippen molar-refractivity contribution < 1.29 is 41.0 Å². The van der Waals surface area contributed by atoms with Crippen LogP contribution in [-0.4, -0.2) is 92.8 Å². The number of ether oxygens (including phenoxy) is 1. The van der Waals surface area contributed by atoms with Crippen molar-refractivity contribution >= 4 is 21.9 Å². The number of carbonyl (C=O) groups excluding carboxylic acids is 1. The lowest BCUT2D eigenvalue weighted by atomic mass is 10.1. The van der Waals surface area contributed by atoms with Crippen LogP contribution < -0.4 is 5.32 Å². The van der Waals surface area contributed by atoms with Gasteiger partial charge in [0.15, 0.2) is 0 Å².